The number of benzene rings is 1. The molecule has 0 aliphatic carbocycles. The van der Waals surface area contributed by atoms with E-state index in [4.69, 9.17) is 4.42 Å². The lowest BCUT2D eigenvalue weighted by atomic mass is 10.1. The van der Waals surface area contributed by atoms with Gasteiger partial charge in [0.15, 0.2) is 4.34 Å². The molecular weight excluding hydrogens is 403 g/mol. The number of hydrogen-bond donors (Lipinski definition) is 2. The maximum Gasteiger partial charge on any atom is 0.405 e. The lowest BCUT2D eigenvalue weighted by Gasteiger charge is -2.08. The number of aromatic nitrogens is 2. The van der Waals surface area contributed by atoms with E-state index < -0.39 is 18.3 Å². The topological polar surface area (TPSA) is 88.3 Å². The molecule has 6 nitrogen and oxygen atoms in total. The number of alkyl halides is 3. The molecule has 3 aromatic rings. The molecule has 0 amide bonds. The third-order valence-electron chi connectivity index (χ3n) is 3.61. The van der Waals surface area contributed by atoms with Crippen LogP contribution < -0.4 is 10.9 Å². The van der Waals surface area contributed by atoms with Crippen LogP contribution in [0.25, 0.3) is 11.0 Å². The van der Waals surface area contributed by atoms with Crippen molar-refractivity contribution in [1.29, 1.82) is 0 Å². The Bertz CT molecular complexity index is 1020. The van der Waals surface area contributed by atoms with Crippen LogP contribution in [0.1, 0.15) is 18.1 Å². The Morgan fingerprint density at radius 2 is 2.04 bits per heavy atom. The Kier molecular flexibility index (Phi) is 5.61. The molecule has 1 aromatic carbocycles. The number of halogens is 3. The van der Waals surface area contributed by atoms with E-state index >= 15 is 0 Å². The van der Waals surface area contributed by atoms with E-state index in [0.29, 0.717) is 27.5 Å². The van der Waals surface area contributed by atoms with Gasteiger partial charge in [-0.05, 0) is 23.6 Å². The molecule has 0 unspecified atom stereocenters. The highest BCUT2D eigenvalue weighted by Crippen LogP contribution is 2.32. The number of anilines is 1. The fraction of sp³-hybridized carbons (Fsp3) is 0.312. The lowest BCUT2D eigenvalue weighted by molar-refractivity contribution is -0.115. The summed E-state index contributed by atoms with van der Waals surface area (Å²) >= 11 is 2.25. The molecule has 0 spiro atoms. The standard InChI is InChI=1S/C16H14F3N3O3S2/c1-2-8-3-10-9(4-13(24)25-12(10)5-11(8)23)6-26-15-22-21-14(27-15)20-7-16(17,18)19/h3-5,23H,2,6-7H2,1H3,(H,20,21). The van der Waals surface area contributed by atoms with E-state index in [1.54, 1.807) is 6.07 Å². The number of nitrogens with zero attached hydrogens (tertiary/aromatic N) is 2. The van der Waals surface area contributed by atoms with Crippen molar-refractivity contribution in [2.45, 2.75) is 29.6 Å². The molecule has 3 rings (SSSR count). The summed E-state index contributed by atoms with van der Waals surface area (Å²) in [5.74, 6) is 0.409. The molecule has 27 heavy (non-hydrogen) atoms. The first-order chi connectivity index (χ1) is 12.7. The van der Waals surface area contributed by atoms with E-state index in [1.165, 1.54) is 23.9 Å². The predicted molar refractivity (Wildman–Crippen MR) is 97.5 cm³/mol. The van der Waals surface area contributed by atoms with Gasteiger partial charge in [-0.15, -0.1) is 10.2 Å². The summed E-state index contributed by atoms with van der Waals surface area (Å²) in [5.41, 5.74) is 1.13. The van der Waals surface area contributed by atoms with Crippen LogP contribution in [0.3, 0.4) is 0 Å². The van der Waals surface area contributed by atoms with E-state index in [9.17, 15) is 23.1 Å². The second-order valence-corrected chi connectivity index (χ2v) is 7.75. The summed E-state index contributed by atoms with van der Waals surface area (Å²) in [7, 11) is 0. The number of rotatable bonds is 6. The van der Waals surface area contributed by atoms with Crippen molar-refractivity contribution in [1.82, 2.24) is 10.2 Å². The molecule has 2 heterocycles. The van der Waals surface area contributed by atoms with Crippen molar-refractivity contribution in [3.8, 4) is 5.75 Å². The van der Waals surface area contributed by atoms with E-state index in [2.05, 4.69) is 15.5 Å². The van der Waals surface area contributed by atoms with Gasteiger partial charge in [-0.2, -0.15) is 13.2 Å². The molecular formula is C16H14F3N3O3S2. The maximum atomic E-state index is 12.2. The number of thioether (sulfide) groups is 1. The summed E-state index contributed by atoms with van der Waals surface area (Å²) in [6.45, 7) is 0.713. The third-order valence-corrected chi connectivity index (χ3v) is 5.67. The van der Waals surface area contributed by atoms with Crippen molar-refractivity contribution in [2.24, 2.45) is 0 Å². The molecule has 2 N–H and O–H groups in total. The largest absolute Gasteiger partial charge is 0.508 e. The van der Waals surface area contributed by atoms with Gasteiger partial charge in [-0.25, -0.2) is 4.79 Å². The van der Waals surface area contributed by atoms with Gasteiger partial charge in [0, 0.05) is 23.3 Å². The van der Waals surface area contributed by atoms with Crippen LogP contribution >= 0.6 is 23.1 Å². The summed E-state index contributed by atoms with van der Waals surface area (Å²) in [6, 6.07) is 4.53. The first-order valence-corrected chi connectivity index (χ1v) is 9.61. The molecule has 0 bridgehead atoms. The highest BCUT2D eigenvalue weighted by atomic mass is 32.2. The Morgan fingerprint density at radius 1 is 1.26 bits per heavy atom. The second-order valence-electron chi connectivity index (χ2n) is 5.55. The van der Waals surface area contributed by atoms with Gasteiger partial charge in [0.25, 0.3) is 0 Å². The first-order valence-electron chi connectivity index (χ1n) is 7.80. The van der Waals surface area contributed by atoms with E-state index in [0.717, 1.165) is 16.9 Å². The molecule has 0 fully saturated rings. The summed E-state index contributed by atoms with van der Waals surface area (Å²) in [5, 5.41) is 20.4. The number of aromatic hydroxyl groups is 1. The Hall–Kier alpha value is -2.27. The van der Waals surface area contributed by atoms with Crippen molar-refractivity contribution in [3.05, 3.63) is 39.7 Å². The van der Waals surface area contributed by atoms with Crippen molar-refractivity contribution in [3.63, 3.8) is 0 Å². The zero-order valence-corrected chi connectivity index (χ0v) is 15.6. The van der Waals surface area contributed by atoms with Crippen molar-refractivity contribution >= 4 is 39.2 Å². The average molecular weight is 417 g/mol. The number of fused-ring (bicyclic) bond motifs is 1. The number of phenolic OH excluding ortho intramolecular Hbond substituents is 1. The van der Waals surface area contributed by atoms with Gasteiger partial charge in [-0.3, -0.25) is 0 Å². The second kappa shape index (κ2) is 7.77. The minimum atomic E-state index is -4.33. The smallest absolute Gasteiger partial charge is 0.405 e. The van der Waals surface area contributed by atoms with Crippen LogP contribution in [0.15, 0.2) is 31.8 Å². The molecule has 11 heteroatoms. The van der Waals surface area contributed by atoms with Gasteiger partial charge in [0.1, 0.15) is 17.9 Å². The highest BCUT2D eigenvalue weighted by Gasteiger charge is 2.27. The quantitative estimate of drug-likeness (QED) is 0.459. The molecule has 144 valence electrons. The number of nitrogens with one attached hydrogen (secondary N) is 1. The molecule has 0 atom stereocenters. The third kappa shape index (κ3) is 4.92. The van der Waals surface area contributed by atoms with Crippen LogP contribution in [0, 0.1) is 0 Å². The molecule has 0 radical (unpaired) electrons. The maximum absolute atomic E-state index is 12.2. The van der Waals surface area contributed by atoms with Gasteiger partial charge in [0.05, 0.1) is 0 Å². The van der Waals surface area contributed by atoms with E-state index in [1.807, 2.05) is 6.92 Å². The zero-order valence-electron chi connectivity index (χ0n) is 14.0. The fourth-order valence-corrected chi connectivity index (χ4v) is 4.10. The van der Waals surface area contributed by atoms with E-state index in [-0.39, 0.29) is 16.5 Å². The molecule has 0 aliphatic rings. The SMILES string of the molecule is CCc1cc2c(CSc3nnc(NCC(F)(F)F)s3)cc(=O)oc2cc1O. The number of phenols is 1. The van der Waals surface area contributed by atoms with Crippen LogP contribution in [-0.2, 0) is 12.2 Å². The Labute approximate surface area is 159 Å². The van der Waals surface area contributed by atoms with Crippen molar-refractivity contribution in [2.75, 3.05) is 11.9 Å². The van der Waals surface area contributed by atoms with Gasteiger partial charge < -0.3 is 14.8 Å². The van der Waals surface area contributed by atoms with Crippen LogP contribution in [-0.4, -0.2) is 28.0 Å². The monoisotopic (exact) mass is 417 g/mol. The Balaban J connectivity index is 1.79. The first kappa shape index (κ1) is 19.5. The lowest BCUT2D eigenvalue weighted by Crippen LogP contribution is -2.21. The highest BCUT2D eigenvalue weighted by molar-refractivity contribution is 8.00. The summed E-state index contributed by atoms with van der Waals surface area (Å²) in [6.07, 6.45) is -3.73. The Morgan fingerprint density at radius 3 is 2.74 bits per heavy atom. The number of hydrogen-bond acceptors (Lipinski definition) is 8. The minimum Gasteiger partial charge on any atom is -0.508 e. The van der Waals surface area contributed by atoms with Crippen LogP contribution in [0.2, 0.25) is 0 Å². The predicted octanol–water partition coefficient (Wildman–Crippen LogP) is 4.18. The molecule has 0 saturated heterocycles. The normalized spacial score (nSPS) is 11.9. The zero-order chi connectivity index (χ0) is 19.6. The summed E-state index contributed by atoms with van der Waals surface area (Å²) in [4.78, 5) is 11.8. The van der Waals surface area contributed by atoms with Crippen molar-refractivity contribution < 1.29 is 22.7 Å². The molecule has 2 aromatic heterocycles. The van der Waals surface area contributed by atoms with Gasteiger partial charge >= 0.3 is 11.8 Å². The molecule has 0 aliphatic heterocycles. The van der Waals surface area contributed by atoms with Gasteiger partial charge in [0.2, 0.25) is 5.13 Å². The van der Waals surface area contributed by atoms with Gasteiger partial charge in [-0.1, -0.05) is 30.0 Å². The summed E-state index contributed by atoms with van der Waals surface area (Å²) < 4.78 is 42.3. The number of aryl methyl sites for hydroxylation is 1. The molecule has 0 saturated carbocycles. The van der Waals surface area contributed by atoms with Crippen LogP contribution in [0.4, 0.5) is 18.3 Å². The fourth-order valence-electron chi connectivity index (χ4n) is 2.36. The minimum absolute atomic E-state index is 0.0578. The van der Waals surface area contributed by atoms with Crippen LogP contribution in [0.5, 0.6) is 5.75 Å². The average Bonchev–Trinajstić information content (AvgIpc) is 3.04.